The van der Waals surface area contributed by atoms with E-state index in [1.165, 1.54) is 6.26 Å². The minimum Gasteiger partial charge on any atom is -0.342 e. The number of nitrogens with zero attached hydrogens (tertiary/aromatic N) is 4. The first-order chi connectivity index (χ1) is 13.4. The van der Waals surface area contributed by atoms with Crippen LogP contribution in [-0.4, -0.2) is 58.7 Å². The Kier molecular flexibility index (Phi) is 4.84. The summed E-state index contributed by atoms with van der Waals surface area (Å²) in [7, 11) is -3.23. The molecule has 1 amide bonds. The first-order valence-electron chi connectivity index (χ1n) is 9.13. The molecule has 1 unspecified atom stereocenters. The zero-order chi connectivity index (χ0) is 19.7. The Bertz CT molecular complexity index is 1110. The Morgan fingerprint density at radius 2 is 1.96 bits per heavy atom. The van der Waals surface area contributed by atoms with Gasteiger partial charge < -0.3 is 4.90 Å². The van der Waals surface area contributed by atoms with Crippen LogP contribution in [0, 0.1) is 0 Å². The fourth-order valence-electron chi connectivity index (χ4n) is 3.63. The normalized spacial score (nSPS) is 17.8. The van der Waals surface area contributed by atoms with E-state index in [1.54, 1.807) is 36.7 Å². The number of aromatic amines is 1. The van der Waals surface area contributed by atoms with Gasteiger partial charge in [-0.2, -0.15) is 5.10 Å². The number of hydrogen-bond acceptors (Lipinski definition) is 6. The van der Waals surface area contributed by atoms with Crippen molar-refractivity contribution < 1.29 is 13.2 Å². The molecular weight excluding hydrogens is 378 g/mol. The SMILES string of the molecule is CS(=O)(=O)c1ccc(CC(=O)N2CCCC(c3[nH]nc4nccnc34)C2)cc1. The zero-order valence-electron chi connectivity index (χ0n) is 15.5. The van der Waals surface area contributed by atoms with Gasteiger partial charge in [-0.25, -0.2) is 18.4 Å². The number of amides is 1. The number of rotatable bonds is 4. The van der Waals surface area contributed by atoms with Crippen molar-refractivity contribution in [3.05, 3.63) is 47.9 Å². The average molecular weight is 399 g/mol. The van der Waals surface area contributed by atoms with E-state index in [-0.39, 0.29) is 23.1 Å². The first kappa shape index (κ1) is 18.5. The first-order valence-corrected chi connectivity index (χ1v) is 11.0. The second-order valence-corrected chi connectivity index (χ2v) is 9.15. The number of piperidine rings is 1. The van der Waals surface area contributed by atoms with Crippen molar-refractivity contribution in [3.63, 3.8) is 0 Å². The van der Waals surface area contributed by atoms with Crippen LogP contribution >= 0.6 is 0 Å². The van der Waals surface area contributed by atoms with Crippen LogP contribution in [0.15, 0.2) is 41.6 Å². The molecule has 1 atom stereocenters. The number of sulfone groups is 1. The largest absolute Gasteiger partial charge is 0.342 e. The standard InChI is InChI=1S/C19H21N5O3S/c1-28(26,27)15-6-4-13(5-7-15)11-16(25)24-10-2-3-14(12-24)17-18-19(23-22-17)21-9-8-20-18/h4-9,14H,2-3,10-12H2,1H3,(H,21,22,23). The van der Waals surface area contributed by atoms with Gasteiger partial charge in [-0.1, -0.05) is 12.1 Å². The highest BCUT2D eigenvalue weighted by molar-refractivity contribution is 7.90. The van der Waals surface area contributed by atoms with Crippen LogP contribution in [0.5, 0.6) is 0 Å². The van der Waals surface area contributed by atoms with Gasteiger partial charge in [-0.15, -0.1) is 0 Å². The van der Waals surface area contributed by atoms with Gasteiger partial charge in [-0.05, 0) is 30.5 Å². The molecule has 9 heteroatoms. The minimum absolute atomic E-state index is 0.0340. The van der Waals surface area contributed by atoms with Crippen molar-refractivity contribution in [2.45, 2.75) is 30.1 Å². The van der Waals surface area contributed by atoms with E-state index >= 15 is 0 Å². The van der Waals surface area contributed by atoms with Crippen LogP contribution in [-0.2, 0) is 21.1 Å². The fourth-order valence-corrected chi connectivity index (χ4v) is 4.26. The maximum atomic E-state index is 12.8. The van der Waals surface area contributed by atoms with Crippen molar-refractivity contribution >= 4 is 26.9 Å². The molecule has 2 aromatic heterocycles. The average Bonchev–Trinajstić information content (AvgIpc) is 3.12. The molecule has 146 valence electrons. The number of nitrogens with one attached hydrogen (secondary N) is 1. The highest BCUT2D eigenvalue weighted by Crippen LogP contribution is 2.29. The molecule has 0 radical (unpaired) electrons. The second-order valence-electron chi connectivity index (χ2n) is 7.14. The number of carbonyl (C=O) groups excluding carboxylic acids is 1. The van der Waals surface area contributed by atoms with E-state index in [4.69, 9.17) is 0 Å². The lowest BCUT2D eigenvalue weighted by Crippen LogP contribution is -2.40. The predicted octanol–water partition coefficient (Wildman–Crippen LogP) is 1.71. The Balaban J connectivity index is 1.46. The quantitative estimate of drug-likeness (QED) is 0.715. The Morgan fingerprint density at radius 1 is 1.21 bits per heavy atom. The lowest BCUT2D eigenvalue weighted by molar-refractivity contribution is -0.131. The molecule has 1 aliphatic rings. The summed E-state index contributed by atoms with van der Waals surface area (Å²) in [4.78, 5) is 23.5. The molecule has 0 bridgehead atoms. The van der Waals surface area contributed by atoms with E-state index in [0.29, 0.717) is 18.7 Å². The van der Waals surface area contributed by atoms with Crippen molar-refractivity contribution in [1.82, 2.24) is 25.1 Å². The van der Waals surface area contributed by atoms with Crippen molar-refractivity contribution in [3.8, 4) is 0 Å². The number of hydrogen-bond donors (Lipinski definition) is 1. The molecule has 28 heavy (non-hydrogen) atoms. The molecule has 1 fully saturated rings. The number of H-pyrrole nitrogens is 1. The Morgan fingerprint density at radius 3 is 2.71 bits per heavy atom. The molecule has 1 aromatic carbocycles. The number of benzene rings is 1. The van der Waals surface area contributed by atoms with E-state index in [0.717, 1.165) is 29.6 Å². The summed E-state index contributed by atoms with van der Waals surface area (Å²) in [5, 5.41) is 7.25. The maximum absolute atomic E-state index is 12.8. The summed E-state index contributed by atoms with van der Waals surface area (Å²) in [6.07, 6.45) is 6.54. The molecular formula is C19H21N5O3S. The van der Waals surface area contributed by atoms with E-state index in [9.17, 15) is 13.2 Å². The van der Waals surface area contributed by atoms with E-state index in [2.05, 4.69) is 20.2 Å². The molecule has 0 aliphatic carbocycles. The molecule has 1 saturated heterocycles. The van der Waals surface area contributed by atoms with Gasteiger partial charge in [0.05, 0.1) is 17.0 Å². The van der Waals surface area contributed by atoms with Crippen LogP contribution in [0.25, 0.3) is 11.2 Å². The number of carbonyl (C=O) groups is 1. The molecule has 4 rings (SSSR count). The highest BCUT2D eigenvalue weighted by atomic mass is 32.2. The number of aromatic nitrogens is 4. The van der Waals surface area contributed by atoms with Crippen molar-refractivity contribution in [2.24, 2.45) is 0 Å². The summed E-state index contributed by atoms with van der Waals surface area (Å²) < 4.78 is 23.1. The van der Waals surface area contributed by atoms with Crippen LogP contribution in [0.3, 0.4) is 0 Å². The van der Waals surface area contributed by atoms with Crippen LogP contribution < -0.4 is 0 Å². The molecule has 0 spiro atoms. The van der Waals surface area contributed by atoms with Gasteiger partial charge >= 0.3 is 0 Å². The monoisotopic (exact) mass is 399 g/mol. The van der Waals surface area contributed by atoms with Gasteiger partial charge in [0.2, 0.25) is 5.91 Å². The summed E-state index contributed by atoms with van der Waals surface area (Å²) in [6.45, 7) is 1.32. The van der Waals surface area contributed by atoms with E-state index in [1.807, 2.05) is 4.90 Å². The van der Waals surface area contributed by atoms with Crippen LogP contribution in [0.2, 0.25) is 0 Å². The third-order valence-corrected chi connectivity index (χ3v) is 6.23. The predicted molar refractivity (Wildman–Crippen MR) is 103 cm³/mol. The maximum Gasteiger partial charge on any atom is 0.227 e. The summed E-state index contributed by atoms with van der Waals surface area (Å²) in [5.41, 5.74) is 3.08. The van der Waals surface area contributed by atoms with Gasteiger partial charge in [0, 0.05) is 37.7 Å². The molecule has 0 saturated carbocycles. The zero-order valence-corrected chi connectivity index (χ0v) is 16.3. The minimum atomic E-state index is -3.23. The van der Waals surface area contributed by atoms with Gasteiger partial charge in [0.15, 0.2) is 15.5 Å². The smallest absolute Gasteiger partial charge is 0.227 e. The number of fused-ring (bicyclic) bond motifs is 1. The van der Waals surface area contributed by atoms with Crippen molar-refractivity contribution in [1.29, 1.82) is 0 Å². The third-order valence-electron chi connectivity index (χ3n) is 5.11. The fraction of sp³-hybridized carbons (Fsp3) is 0.368. The number of likely N-dealkylation sites (tertiary alicyclic amines) is 1. The summed E-state index contributed by atoms with van der Waals surface area (Å²) >= 11 is 0. The molecule has 8 nitrogen and oxygen atoms in total. The topological polar surface area (TPSA) is 109 Å². The van der Waals surface area contributed by atoms with Gasteiger partial charge in [-0.3, -0.25) is 9.89 Å². The van der Waals surface area contributed by atoms with Crippen molar-refractivity contribution in [2.75, 3.05) is 19.3 Å². The van der Waals surface area contributed by atoms with Gasteiger partial charge in [0.25, 0.3) is 0 Å². The lowest BCUT2D eigenvalue weighted by atomic mass is 9.94. The molecule has 3 aromatic rings. The third kappa shape index (κ3) is 3.75. The summed E-state index contributed by atoms with van der Waals surface area (Å²) in [6, 6.07) is 6.50. The summed E-state index contributed by atoms with van der Waals surface area (Å²) in [5.74, 6) is 0.179. The Hall–Kier alpha value is -2.81. The van der Waals surface area contributed by atoms with Crippen LogP contribution in [0.4, 0.5) is 0 Å². The highest BCUT2D eigenvalue weighted by Gasteiger charge is 2.27. The molecule has 1 N–H and O–H groups in total. The lowest BCUT2D eigenvalue weighted by Gasteiger charge is -2.32. The second kappa shape index (κ2) is 7.31. The molecule has 3 heterocycles. The van der Waals surface area contributed by atoms with Crippen LogP contribution in [0.1, 0.15) is 30.0 Å². The van der Waals surface area contributed by atoms with E-state index < -0.39 is 9.84 Å². The molecule has 1 aliphatic heterocycles. The Labute approximate surface area is 162 Å². The van der Waals surface area contributed by atoms with Gasteiger partial charge in [0.1, 0.15) is 5.52 Å².